The molecule has 17 heavy (non-hydrogen) atoms. The number of methoxy groups -OCH3 is 1. The molecule has 0 aliphatic carbocycles. The second kappa shape index (κ2) is 5.41. The van der Waals surface area contributed by atoms with Gasteiger partial charge in [0.15, 0.2) is 0 Å². The third kappa shape index (κ3) is 2.79. The Morgan fingerprint density at radius 1 is 1.53 bits per heavy atom. The minimum absolute atomic E-state index is 0.0738. The number of carbonyl (C=O) groups excluding carboxylic acids is 2. The van der Waals surface area contributed by atoms with Gasteiger partial charge in [0.2, 0.25) is 0 Å². The van der Waals surface area contributed by atoms with Crippen molar-refractivity contribution in [3.8, 4) is 6.07 Å². The molecule has 0 fully saturated rings. The molecule has 0 spiro atoms. The van der Waals surface area contributed by atoms with Crippen LogP contribution in [0.1, 0.15) is 31.0 Å². The number of esters is 1. The molecule has 0 bridgehead atoms. The number of ether oxygens (including phenoxy) is 1. The lowest BCUT2D eigenvalue weighted by molar-refractivity contribution is -0.150. The van der Waals surface area contributed by atoms with E-state index in [9.17, 15) is 9.59 Å². The van der Waals surface area contributed by atoms with Gasteiger partial charge >= 0.3 is 11.9 Å². The molecule has 1 N–H and O–H groups in total. The van der Waals surface area contributed by atoms with Crippen LogP contribution in [0.3, 0.4) is 0 Å². The van der Waals surface area contributed by atoms with E-state index in [1.807, 2.05) is 19.9 Å². The second-order valence-corrected chi connectivity index (χ2v) is 4.26. The van der Waals surface area contributed by atoms with Gasteiger partial charge in [0, 0.05) is 0 Å². The average molecular weight is 253 g/mol. The summed E-state index contributed by atoms with van der Waals surface area (Å²) in [6.07, 6.45) is 0. The van der Waals surface area contributed by atoms with Gasteiger partial charge in [0.1, 0.15) is 16.6 Å². The topological polar surface area (TPSA) is 92.1 Å². The number of rotatable bonds is 2. The van der Waals surface area contributed by atoms with E-state index < -0.39 is 11.9 Å². The monoisotopic (exact) mass is 253 g/mol. The molecule has 0 aromatic carbocycles. The van der Waals surface area contributed by atoms with Crippen LogP contribution in [0.25, 0.3) is 0 Å². The average Bonchev–Trinajstić information content (AvgIpc) is 2.70. The number of hydrogen-bond acceptors (Lipinski definition) is 6. The van der Waals surface area contributed by atoms with Crippen LogP contribution in [0.4, 0.5) is 5.00 Å². The molecule has 0 atom stereocenters. The Kier molecular flexibility index (Phi) is 4.17. The molecule has 1 aromatic heterocycles. The highest BCUT2D eigenvalue weighted by molar-refractivity contribution is 7.10. The van der Waals surface area contributed by atoms with Crippen LogP contribution in [0, 0.1) is 11.3 Å². The maximum Gasteiger partial charge on any atom is 0.396 e. The van der Waals surface area contributed by atoms with E-state index in [2.05, 4.69) is 14.4 Å². The van der Waals surface area contributed by atoms with E-state index >= 15 is 0 Å². The number of anilines is 1. The van der Waals surface area contributed by atoms with E-state index in [0.717, 1.165) is 18.6 Å². The van der Waals surface area contributed by atoms with Crippen molar-refractivity contribution in [3.05, 3.63) is 11.3 Å². The van der Waals surface area contributed by atoms with Crippen LogP contribution >= 0.6 is 11.5 Å². The van der Waals surface area contributed by atoms with Crippen molar-refractivity contribution < 1.29 is 14.3 Å². The van der Waals surface area contributed by atoms with Gasteiger partial charge in [-0.05, 0) is 17.5 Å². The summed E-state index contributed by atoms with van der Waals surface area (Å²) in [5.74, 6) is -1.85. The van der Waals surface area contributed by atoms with Crippen LogP contribution < -0.4 is 5.32 Å². The Bertz CT molecular complexity index is 487. The molecule has 1 heterocycles. The minimum Gasteiger partial charge on any atom is -0.462 e. The maximum absolute atomic E-state index is 11.3. The number of aromatic nitrogens is 1. The maximum atomic E-state index is 11.3. The van der Waals surface area contributed by atoms with Crippen molar-refractivity contribution in [3.63, 3.8) is 0 Å². The lowest BCUT2D eigenvalue weighted by Crippen LogP contribution is -2.23. The summed E-state index contributed by atoms with van der Waals surface area (Å²) >= 11 is 0.973. The first-order chi connectivity index (χ1) is 8.01. The fraction of sp³-hybridized carbons (Fsp3) is 0.400. The second-order valence-electron chi connectivity index (χ2n) is 3.48. The molecule has 6 nitrogen and oxygen atoms in total. The Morgan fingerprint density at radius 3 is 2.65 bits per heavy atom. The van der Waals surface area contributed by atoms with Crippen LogP contribution in [0.2, 0.25) is 0 Å². The van der Waals surface area contributed by atoms with E-state index in [4.69, 9.17) is 5.26 Å². The van der Waals surface area contributed by atoms with Crippen molar-refractivity contribution in [1.82, 2.24) is 4.37 Å². The Morgan fingerprint density at radius 2 is 2.18 bits per heavy atom. The van der Waals surface area contributed by atoms with Crippen LogP contribution in [0.15, 0.2) is 0 Å². The van der Waals surface area contributed by atoms with Gasteiger partial charge in [-0.15, -0.1) is 0 Å². The van der Waals surface area contributed by atoms with Gasteiger partial charge in [-0.2, -0.15) is 9.64 Å². The smallest absolute Gasteiger partial charge is 0.396 e. The molecule has 0 unspecified atom stereocenters. The number of nitriles is 1. The van der Waals surface area contributed by atoms with Crippen LogP contribution in [0.5, 0.6) is 0 Å². The number of carbonyl (C=O) groups is 2. The lowest BCUT2D eigenvalue weighted by atomic mass is 10.1. The van der Waals surface area contributed by atoms with Crippen molar-refractivity contribution in [2.75, 3.05) is 12.4 Å². The third-order valence-electron chi connectivity index (χ3n) is 1.98. The van der Waals surface area contributed by atoms with Crippen molar-refractivity contribution in [1.29, 1.82) is 5.26 Å². The highest BCUT2D eigenvalue weighted by atomic mass is 32.1. The van der Waals surface area contributed by atoms with Crippen molar-refractivity contribution in [2.24, 2.45) is 0 Å². The summed E-state index contributed by atoms with van der Waals surface area (Å²) in [5.41, 5.74) is 0.903. The third-order valence-corrected chi connectivity index (χ3v) is 2.75. The molecule has 1 rings (SSSR count). The standard InChI is InChI=1S/C10H11N3O3S/c1-5(2)7-6(4-11)9(17-13-7)12-8(14)10(15)16-3/h5H,1-3H3,(H,12,14). The fourth-order valence-electron chi connectivity index (χ4n) is 1.14. The molecule has 90 valence electrons. The Labute approximate surface area is 102 Å². The molecule has 0 radical (unpaired) electrons. The number of nitrogens with one attached hydrogen (secondary N) is 1. The van der Waals surface area contributed by atoms with Crippen LogP contribution in [-0.2, 0) is 14.3 Å². The van der Waals surface area contributed by atoms with Crippen LogP contribution in [-0.4, -0.2) is 23.4 Å². The molecular formula is C10H11N3O3S. The number of nitrogens with zero attached hydrogens (tertiary/aromatic N) is 2. The number of hydrogen-bond donors (Lipinski definition) is 1. The summed E-state index contributed by atoms with van der Waals surface area (Å²) in [6.45, 7) is 3.78. The van der Waals surface area contributed by atoms with Gasteiger partial charge in [-0.25, -0.2) is 4.79 Å². The fourth-order valence-corrected chi connectivity index (χ4v) is 2.01. The van der Waals surface area contributed by atoms with Gasteiger partial charge in [-0.1, -0.05) is 13.8 Å². The first-order valence-corrected chi connectivity index (χ1v) is 5.57. The predicted molar refractivity (Wildman–Crippen MR) is 61.6 cm³/mol. The van der Waals surface area contributed by atoms with Gasteiger partial charge in [-0.3, -0.25) is 4.79 Å². The molecule has 0 aliphatic rings. The summed E-state index contributed by atoms with van der Waals surface area (Å²) < 4.78 is 8.34. The van der Waals surface area contributed by atoms with E-state index in [0.29, 0.717) is 11.3 Å². The summed E-state index contributed by atoms with van der Waals surface area (Å²) in [4.78, 5) is 22.2. The minimum atomic E-state index is -1.01. The summed E-state index contributed by atoms with van der Waals surface area (Å²) in [7, 11) is 1.11. The number of amides is 1. The van der Waals surface area contributed by atoms with Crippen molar-refractivity contribution in [2.45, 2.75) is 19.8 Å². The zero-order chi connectivity index (χ0) is 13.0. The van der Waals surface area contributed by atoms with E-state index in [1.54, 1.807) is 0 Å². The highest BCUT2D eigenvalue weighted by Crippen LogP contribution is 2.28. The quantitative estimate of drug-likeness (QED) is 0.632. The SMILES string of the molecule is COC(=O)C(=O)Nc1snc(C(C)C)c1C#N. The predicted octanol–water partition coefficient (Wildman–Crippen LogP) is 1.25. The van der Waals surface area contributed by atoms with Gasteiger partial charge in [0.05, 0.1) is 12.8 Å². The Balaban J connectivity index is 2.97. The molecule has 0 saturated heterocycles. The normalized spacial score (nSPS) is 9.82. The van der Waals surface area contributed by atoms with E-state index in [1.165, 1.54) is 0 Å². The summed E-state index contributed by atoms with van der Waals surface area (Å²) in [5, 5.41) is 11.6. The zero-order valence-corrected chi connectivity index (χ0v) is 10.4. The molecule has 1 aromatic rings. The molecule has 0 saturated carbocycles. The molecular weight excluding hydrogens is 242 g/mol. The first-order valence-electron chi connectivity index (χ1n) is 4.80. The zero-order valence-electron chi connectivity index (χ0n) is 9.60. The van der Waals surface area contributed by atoms with Crippen molar-refractivity contribution >= 4 is 28.4 Å². The van der Waals surface area contributed by atoms with E-state index in [-0.39, 0.29) is 10.9 Å². The first kappa shape index (κ1) is 13.1. The Hall–Kier alpha value is -1.94. The van der Waals surface area contributed by atoms with Gasteiger partial charge < -0.3 is 10.1 Å². The molecule has 1 amide bonds. The highest BCUT2D eigenvalue weighted by Gasteiger charge is 2.21. The van der Waals surface area contributed by atoms with Gasteiger partial charge in [0.25, 0.3) is 0 Å². The lowest BCUT2D eigenvalue weighted by Gasteiger charge is -2.02. The largest absolute Gasteiger partial charge is 0.462 e. The molecule has 0 aliphatic heterocycles. The molecule has 7 heteroatoms. The summed E-state index contributed by atoms with van der Waals surface area (Å²) in [6, 6.07) is 1.97.